The van der Waals surface area contributed by atoms with Crippen LogP contribution in [0.1, 0.15) is 36.0 Å². The van der Waals surface area contributed by atoms with Gasteiger partial charge in [-0.05, 0) is 57.1 Å². The first-order valence-electron chi connectivity index (χ1n) is 7.22. The van der Waals surface area contributed by atoms with Gasteiger partial charge in [-0.3, -0.25) is 0 Å². The van der Waals surface area contributed by atoms with Crippen LogP contribution in [0.3, 0.4) is 0 Å². The minimum Gasteiger partial charge on any atom is -0.494 e. The van der Waals surface area contributed by atoms with E-state index in [4.69, 9.17) is 4.74 Å². The minimum atomic E-state index is -0.319. The summed E-state index contributed by atoms with van der Waals surface area (Å²) in [5.74, 6) is 0.483. The molecule has 1 aromatic carbocycles. The van der Waals surface area contributed by atoms with Gasteiger partial charge in [-0.25, -0.2) is 4.79 Å². The highest BCUT2D eigenvalue weighted by molar-refractivity contribution is 5.89. The Kier molecular flexibility index (Phi) is 5.41. The first kappa shape index (κ1) is 14.9. The molecule has 1 heterocycles. The average molecular weight is 277 g/mol. The van der Waals surface area contributed by atoms with Gasteiger partial charge in [0.15, 0.2) is 0 Å². The maximum Gasteiger partial charge on any atom is 0.337 e. The van der Waals surface area contributed by atoms with Gasteiger partial charge in [0.25, 0.3) is 0 Å². The summed E-state index contributed by atoms with van der Waals surface area (Å²) in [7, 11) is 3.57. The number of hydrogen-bond donors (Lipinski definition) is 0. The fourth-order valence-electron chi connectivity index (χ4n) is 2.63. The van der Waals surface area contributed by atoms with Gasteiger partial charge in [-0.2, -0.15) is 0 Å². The Balaban J connectivity index is 1.77. The van der Waals surface area contributed by atoms with Crippen molar-refractivity contribution in [2.24, 2.45) is 0 Å². The summed E-state index contributed by atoms with van der Waals surface area (Å²) in [6.45, 7) is 1.91. The lowest BCUT2D eigenvalue weighted by Crippen LogP contribution is -2.37. The Morgan fingerprint density at radius 3 is 2.70 bits per heavy atom. The van der Waals surface area contributed by atoms with Crippen molar-refractivity contribution in [1.82, 2.24) is 4.90 Å². The van der Waals surface area contributed by atoms with Gasteiger partial charge in [0.2, 0.25) is 0 Å². The standard InChI is InChI=1S/C16H23NO3/c1-17-11-4-3-5-14(17)10-12-20-15-8-6-13(7-9-15)16(18)19-2/h6-9,14H,3-5,10-12H2,1-2H3. The predicted molar refractivity (Wildman–Crippen MR) is 78.2 cm³/mol. The van der Waals surface area contributed by atoms with Crippen molar-refractivity contribution in [3.63, 3.8) is 0 Å². The maximum atomic E-state index is 11.3. The van der Waals surface area contributed by atoms with Gasteiger partial charge in [0.1, 0.15) is 5.75 Å². The zero-order valence-corrected chi connectivity index (χ0v) is 12.3. The molecule has 2 rings (SSSR count). The number of esters is 1. The first-order chi connectivity index (χ1) is 9.70. The van der Waals surface area contributed by atoms with E-state index in [-0.39, 0.29) is 5.97 Å². The highest BCUT2D eigenvalue weighted by Crippen LogP contribution is 2.19. The number of benzene rings is 1. The summed E-state index contributed by atoms with van der Waals surface area (Å²) >= 11 is 0. The van der Waals surface area contributed by atoms with Crippen molar-refractivity contribution < 1.29 is 14.3 Å². The van der Waals surface area contributed by atoms with Crippen LogP contribution in [0.5, 0.6) is 5.75 Å². The number of ether oxygens (including phenoxy) is 2. The van der Waals surface area contributed by atoms with E-state index in [2.05, 4.69) is 16.7 Å². The van der Waals surface area contributed by atoms with Gasteiger partial charge in [0.05, 0.1) is 19.3 Å². The summed E-state index contributed by atoms with van der Waals surface area (Å²) < 4.78 is 10.4. The number of rotatable bonds is 5. The molecule has 0 aliphatic carbocycles. The highest BCUT2D eigenvalue weighted by atomic mass is 16.5. The van der Waals surface area contributed by atoms with Gasteiger partial charge in [0, 0.05) is 6.04 Å². The number of piperidine rings is 1. The maximum absolute atomic E-state index is 11.3. The molecule has 110 valence electrons. The van der Waals surface area contributed by atoms with Crippen LogP contribution in [-0.2, 0) is 4.74 Å². The molecule has 0 N–H and O–H groups in total. The zero-order chi connectivity index (χ0) is 14.4. The minimum absolute atomic E-state index is 0.319. The molecular formula is C16H23NO3. The molecule has 1 saturated heterocycles. The number of nitrogens with zero attached hydrogens (tertiary/aromatic N) is 1. The van der Waals surface area contributed by atoms with Crippen LogP contribution >= 0.6 is 0 Å². The molecule has 1 atom stereocenters. The van der Waals surface area contributed by atoms with Crippen LogP contribution in [-0.4, -0.2) is 44.2 Å². The molecule has 4 nitrogen and oxygen atoms in total. The molecule has 1 fully saturated rings. The molecular weight excluding hydrogens is 254 g/mol. The van der Waals surface area contributed by atoms with Crippen molar-refractivity contribution in [2.45, 2.75) is 31.7 Å². The fraction of sp³-hybridized carbons (Fsp3) is 0.562. The molecule has 4 heteroatoms. The van der Waals surface area contributed by atoms with E-state index >= 15 is 0 Å². The Labute approximate surface area is 120 Å². The van der Waals surface area contributed by atoms with Crippen LogP contribution in [0.15, 0.2) is 24.3 Å². The lowest BCUT2D eigenvalue weighted by molar-refractivity contribution is 0.0600. The third-order valence-corrected chi connectivity index (χ3v) is 3.92. The van der Waals surface area contributed by atoms with Crippen LogP contribution < -0.4 is 4.74 Å². The van der Waals surface area contributed by atoms with E-state index in [1.165, 1.54) is 32.9 Å². The van der Waals surface area contributed by atoms with Crippen molar-refractivity contribution in [2.75, 3.05) is 27.3 Å². The quantitative estimate of drug-likeness (QED) is 0.776. The lowest BCUT2D eigenvalue weighted by Gasteiger charge is -2.32. The number of likely N-dealkylation sites (tertiary alicyclic amines) is 1. The van der Waals surface area contributed by atoms with Gasteiger partial charge >= 0.3 is 5.97 Å². The molecule has 1 unspecified atom stereocenters. The summed E-state index contributed by atoms with van der Waals surface area (Å²) in [5, 5.41) is 0. The highest BCUT2D eigenvalue weighted by Gasteiger charge is 2.18. The molecule has 0 aromatic heterocycles. The molecule has 0 spiro atoms. The lowest BCUT2D eigenvalue weighted by atomic mass is 10.0. The normalized spacial score (nSPS) is 19.6. The largest absolute Gasteiger partial charge is 0.494 e. The van der Waals surface area contributed by atoms with Gasteiger partial charge < -0.3 is 14.4 Å². The molecule has 20 heavy (non-hydrogen) atoms. The van der Waals surface area contributed by atoms with Crippen molar-refractivity contribution in [3.8, 4) is 5.75 Å². The van der Waals surface area contributed by atoms with Crippen molar-refractivity contribution in [1.29, 1.82) is 0 Å². The van der Waals surface area contributed by atoms with E-state index in [0.717, 1.165) is 12.2 Å². The number of methoxy groups -OCH3 is 1. The number of hydrogen-bond acceptors (Lipinski definition) is 4. The summed E-state index contributed by atoms with van der Waals surface area (Å²) in [5.41, 5.74) is 0.548. The van der Waals surface area contributed by atoms with Crippen LogP contribution in [0.25, 0.3) is 0 Å². The Hall–Kier alpha value is -1.55. The fourth-order valence-corrected chi connectivity index (χ4v) is 2.63. The monoisotopic (exact) mass is 277 g/mol. The summed E-state index contributed by atoms with van der Waals surface area (Å²) in [6, 6.07) is 7.73. The van der Waals surface area contributed by atoms with E-state index in [1.807, 2.05) is 12.1 Å². The average Bonchev–Trinajstić information content (AvgIpc) is 2.49. The first-order valence-corrected chi connectivity index (χ1v) is 7.22. The Morgan fingerprint density at radius 1 is 1.30 bits per heavy atom. The second kappa shape index (κ2) is 7.29. The second-order valence-electron chi connectivity index (χ2n) is 5.28. The Bertz CT molecular complexity index is 430. The number of carbonyl (C=O) groups is 1. The summed E-state index contributed by atoms with van der Waals surface area (Å²) in [4.78, 5) is 13.7. The van der Waals surface area contributed by atoms with E-state index in [1.54, 1.807) is 12.1 Å². The van der Waals surface area contributed by atoms with E-state index in [0.29, 0.717) is 18.2 Å². The van der Waals surface area contributed by atoms with E-state index < -0.39 is 0 Å². The van der Waals surface area contributed by atoms with Crippen molar-refractivity contribution in [3.05, 3.63) is 29.8 Å². The van der Waals surface area contributed by atoms with Gasteiger partial charge in [-0.1, -0.05) is 6.42 Å². The van der Waals surface area contributed by atoms with Crippen LogP contribution in [0.2, 0.25) is 0 Å². The number of carbonyl (C=O) groups excluding carboxylic acids is 1. The Morgan fingerprint density at radius 2 is 2.05 bits per heavy atom. The third kappa shape index (κ3) is 3.97. The molecule has 1 aromatic rings. The van der Waals surface area contributed by atoms with Crippen LogP contribution in [0, 0.1) is 0 Å². The SMILES string of the molecule is COC(=O)c1ccc(OCCC2CCCCN2C)cc1. The topological polar surface area (TPSA) is 38.8 Å². The molecule has 0 amide bonds. The second-order valence-corrected chi connectivity index (χ2v) is 5.28. The van der Waals surface area contributed by atoms with Gasteiger partial charge in [-0.15, -0.1) is 0 Å². The van der Waals surface area contributed by atoms with Crippen LogP contribution in [0.4, 0.5) is 0 Å². The van der Waals surface area contributed by atoms with E-state index in [9.17, 15) is 4.79 Å². The molecule has 1 aliphatic rings. The van der Waals surface area contributed by atoms with Crippen molar-refractivity contribution >= 4 is 5.97 Å². The molecule has 1 aliphatic heterocycles. The summed E-state index contributed by atoms with van der Waals surface area (Å²) in [6.07, 6.45) is 4.95. The molecule has 0 saturated carbocycles. The molecule has 0 bridgehead atoms. The third-order valence-electron chi connectivity index (χ3n) is 3.92. The zero-order valence-electron chi connectivity index (χ0n) is 12.3. The molecule has 0 radical (unpaired) electrons. The smallest absolute Gasteiger partial charge is 0.337 e. The predicted octanol–water partition coefficient (Wildman–Crippen LogP) is 2.73.